The first-order valence-electron chi connectivity index (χ1n) is 15.4. The van der Waals surface area contributed by atoms with E-state index in [1.807, 2.05) is 37.9 Å². The van der Waals surface area contributed by atoms with Crippen molar-refractivity contribution < 1.29 is 37.0 Å². The number of benzene rings is 1. The number of carbonyl (C=O) groups is 2. The highest BCUT2D eigenvalue weighted by Gasteiger charge is 2.29. The van der Waals surface area contributed by atoms with E-state index in [-0.39, 0.29) is 48.9 Å². The van der Waals surface area contributed by atoms with Crippen LogP contribution in [-0.4, -0.2) is 112 Å². The molecule has 244 valence electrons. The van der Waals surface area contributed by atoms with Crippen LogP contribution in [0.1, 0.15) is 45.6 Å². The normalized spacial score (nSPS) is 29.4. The molecular formula is C32H46FN3O7S. The number of nitrogens with zero attached hydrogens (tertiary/aromatic N) is 3. The molecule has 2 saturated heterocycles. The maximum absolute atomic E-state index is 14.7. The van der Waals surface area contributed by atoms with Gasteiger partial charge in [-0.3, -0.25) is 4.79 Å². The van der Waals surface area contributed by atoms with Crippen LogP contribution in [0.25, 0.3) is 6.08 Å². The maximum atomic E-state index is 14.7. The fourth-order valence-corrected chi connectivity index (χ4v) is 7.01. The van der Waals surface area contributed by atoms with Gasteiger partial charge < -0.3 is 29.3 Å². The average molecular weight is 636 g/mol. The largest absolute Gasteiger partial charge is 0.457 e. The molecule has 1 N–H and O–H groups in total. The number of hydrogen-bond donors (Lipinski definition) is 1. The minimum absolute atomic E-state index is 0.0196. The number of esters is 1. The third kappa shape index (κ3) is 9.52. The van der Waals surface area contributed by atoms with Crippen LogP contribution in [-0.2, 0) is 24.1 Å². The van der Waals surface area contributed by atoms with Gasteiger partial charge in [-0.25, -0.2) is 17.6 Å². The summed E-state index contributed by atoms with van der Waals surface area (Å²) in [4.78, 5) is 31.6. The minimum atomic E-state index is -3.08. The number of sulfone groups is 1. The van der Waals surface area contributed by atoms with Crippen molar-refractivity contribution >= 4 is 33.7 Å². The summed E-state index contributed by atoms with van der Waals surface area (Å²) in [6.45, 7) is 8.98. The summed E-state index contributed by atoms with van der Waals surface area (Å²) in [5, 5.41) is 10.6. The molecule has 0 saturated carbocycles. The highest BCUT2D eigenvalue weighted by atomic mass is 32.2. The molecule has 0 radical (unpaired) electrons. The van der Waals surface area contributed by atoms with Crippen LogP contribution in [0.15, 0.2) is 35.9 Å². The summed E-state index contributed by atoms with van der Waals surface area (Å²) in [5.74, 6) is -1.37. The van der Waals surface area contributed by atoms with Gasteiger partial charge in [-0.1, -0.05) is 26.0 Å². The van der Waals surface area contributed by atoms with Crippen molar-refractivity contribution in [2.75, 3.05) is 62.7 Å². The van der Waals surface area contributed by atoms with Crippen LogP contribution in [0.4, 0.5) is 14.9 Å². The summed E-state index contributed by atoms with van der Waals surface area (Å²) in [6.07, 6.45) is 3.71. The molecule has 0 bridgehead atoms. The molecule has 12 heteroatoms. The number of anilines is 1. The molecule has 5 atom stereocenters. The third-order valence-electron chi connectivity index (χ3n) is 8.71. The zero-order valence-corrected chi connectivity index (χ0v) is 27.0. The van der Waals surface area contributed by atoms with Crippen LogP contribution >= 0.6 is 0 Å². The molecule has 4 rings (SSSR count). The van der Waals surface area contributed by atoms with Crippen LogP contribution in [0, 0.1) is 17.7 Å². The van der Waals surface area contributed by atoms with Crippen molar-refractivity contribution in [2.24, 2.45) is 11.8 Å². The Morgan fingerprint density at radius 1 is 1.05 bits per heavy atom. The Hall–Kier alpha value is -2.96. The number of ether oxygens (including phenoxy) is 2. The van der Waals surface area contributed by atoms with Gasteiger partial charge in [0.25, 0.3) is 0 Å². The van der Waals surface area contributed by atoms with E-state index >= 15 is 0 Å². The van der Waals surface area contributed by atoms with Crippen molar-refractivity contribution in [1.29, 1.82) is 0 Å². The molecule has 1 aromatic carbocycles. The van der Waals surface area contributed by atoms with Crippen LogP contribution in [0.2, 0.25) is 0 Å². The third-order valence-corrected chi connectivity index (χ3v) is 10.3. The number of rotatable bonds is 4. The monoisotopic (exact) mass is 635 g/mol. The van der Waals surface area contributed by atoms with E-state index in [1.165, 1.54) is 12.1 Å². The van der Waals surface area contributed by atoms with Crippen molar-refractivity contribution in [1.82, 2.24) is 9.80 Å². The summed E-state index contributed by atoms with van der Waals surface area (Å²) < 4.78 is 50.3. The number of carbonyl (C=O) groups excluding carboxylic acids is 2. The lowest BCUT2D eigenvalue weighted by molar-refractivity contribution is -0.151. The number of cyclic esters (lactones) is 1. The first-order chi connectivity index (χ1) is 20.8. The van der Waals surface area contributed by atoms with Gasteiger partial charge in [0.1, 0.15) is 18.0 Å². The lowest BCUT2D eigenvalue weighted by Gasteiger charge is -2.33. The van der Waals surface area contributed by atoms with Crippen molar-refractivity contribution in [3.05, 3.63) is 47.3 Å². The van der Waals surface area contributed by atoms with Gasteiger partial charge in [0, 0.05) is 50.9 Å². The molecule has 0 unspecified atom stereocenters. The molecule has 0 spiro atoms. The standard InChI is InChI=1S/C32H46FN3O7S/c1-22-5-7-28(37)21-30(38)43-31(23(2)6-8-29(22)42-32(39)36-11-9-34(4)10-12-36)24(3)17-25-18-26(33)20-27(19-25)35-13-15-44(40,41)16-14-35/h6,8,17-20,22-23,28-29,31,37H,5,7,9-16,21H2,1-4H3/b8-6?,24-17+/t22-,23-,28+,29-,31-/m0/s1. The molecule has 10 nitrogen and oxygen atoms in total. The number of aliphatic hydroxyl groups is 1. The Morgan fingerprint density at radius 3 is 2.41 bits per heavy atom. The van der Waals surface area contributed by atoms with Gasteiger partial charge in [-0.2, -0.15) is 0 Å². The average Bonchev–Trinajstić information content (AvgIpc) is 2.96. The van der Waals surface area contributed by atoms with Crippen molar-refractivity contribution in [3.63, 3.8) is 0 Å². The highest BCUT2D eigenvalue weighted by molar-refractivity contribution is 7.91. The number of piperazine rings is 1. The van der Waals surface area contributed by atoms with Gasteiger partial charge in [0.05, 0.1) is 24.0 Å². The minimum Gasteiger partial charge on any atom is -0.457 e. The molecule has 0 aliphatic carbocycles. The smallest absolute Gasteiger partial charge is 0.410 e. The Kier molecular flexibility index (Phi) is 11.5. The lowest BCUT2D eigenvalue weighted by atomic mass is 9.91. The van der Waals surface area contributed by atoms with Gasteiger partial charge >= 0.3 is 12.1 Å². The first-order valence-corrected chi connectivity index (χ1v) is 17.3. The molecule has 0 aromatic heterocycles. The lowest BCUT2D eigenvalue weighted by Crippen LogP contribution is -2.48. The van der Waals surface area contributed by atoms with E-state index in [0.29, 0.717) is 42.8 Å². The van der Waals surface area contributed by atoms with Gasteiger partial charge in [0.15, 0.2) is 9.84 Å². The highest BCUT2D eigenvalue weighted by Crippen LogP contribution is 2.28. The van der Waals surface area contributed by atoms with Crippen molar-refractivity contribution in [3.8, 4) is 0 Å². The topological polar surface area (TPSA) is 117 Å². The number of hydrogen-bond acceptors (Lipinski definition) is 9. The van der Waals surface area contributed by atoms with Gasteiger partial charge in [-0.15, -0.1) is 0 Å². The Balaban J connectivity index is 1.56. The van der Waals surface area contributed by atoms with E-state index in [2.05, 4.69) is 4.90 Å². The van der Waals surface area contributed by atoms with E-state index in [0.717, 1.165) is 13.1 Å². The number of aliphatic hydroxyl groups excluding tert-OH is 1. The quantitative estimate of drug-likeness (QED) is 0.392. The molecule has 1 amide bonds. The summed E-state index contributed by atoms with van der Waals surface area (Å²) >= 11 is 0. The van der Waals surface area contributed by atoms with E-state index in [1.54, 1.807) is 24.0 Å². The van der Waals surface area contributed by atoms with E-state index < -0.39 is 39.9 Å². The molecule has 2 fully saturated rings. The number of halogens is 1. The molecule has 1 aromatic rings. The zero-order chi connectivity index (χ0) is 32.0. The molecule has 3 aliphatic heterocycles. The molecule has 3 aliphatic rings. The molecule has 3 heterocycles. The second-order valence-corrected chi connectivity index (χ2v) is 14.8. The first kappa shape index (κ1) is 33.9. The van der Waals surface area contributed by atoms with E-state index in [9.17, 15) is 27.5 Å². The zero-order valence-electron chi connectivity index (χ0n) is 26.2. The van der Waals surface area contributed by atoms with Crippen LogP contribution in [0.5, 0.6) is 0 Å². The molecular weight excluding hydrogens is 589 g/mol. The summed E-state index contributed by atoms with van der Waals surface area (Å²) in [5.41, 5.74) is 1.81. The fraction of sp³-hybridized carbons (Fsp3) is 0.625. The predicted molar refractivity (Wildman–Crippen MR) is 167 cm³/mol. The maximum Gasteiger partial charge on any atom is 0.410 e. The summed E-state index contributed by atoms with van der Waals surface area (Å²) in [7, 11) is -1.07. The summed E-state index contributed by atoms with van der Waals surface area (Å²) in [6, 6.07) is 4.56. The number of amides is 1. The SMILES string of the molecule is C/C(=C\c1cc(F)cc(N2CCS(=O)(=O)CC2)c1)[C@H]1OC(=O)C[C@H](O)CC[C@H](C)[C@@H](OC(=O)N2CCN(C)CC2)C=C[C@@H]1C. The van der Waals surface area contributed by atoms with Crippen LogP contribution in [0.3, 0.4) is 0 Å². The molecule has 44 heavy (non-hydrogen) atoms. The Bertz CT molecular complexity index is 1330. The van der Waals surface area contributed by atoms with Crippen LogP contribution < -0.4 is 4.90 Å². The predicted octanol–water partition coefficient (Wildman–Crippen LogP) is 3.50. The second-order valence-electron chi connectivity index (χ2n) is 12.5. The number of likely N-dealkylation sites (N-methyl/N-ethyl adjacent to an activating group) is 1. The van der Waals surface area contributed by atoms with Gasteiger partial charge in [-0.05, 0) is 68.1 Å². The Labute approximate surface area is 260 Å². The van der Waals surface area contributed by atoms with Crippen molar-refractivity contribution in [2.45, 2.75) is 58.3 Å². The van der Waals surface area contributed by atoms with E-state index in [4.69, 9.17) is 9.47 Å². The van der Waals surface area contributed by atoms with Gasteiger partial charge in [0.2, 0.25) is 0 Å². The fourth-order valence-electron chi connectivity index (χ4n) is 5.81. The second kappa shape index (κ2) is 14.9. The Morgan fingerprint density at radius 2 is 1.73 bits per heavy atom.